The second-order valence-electron chi connectivity index (χ2n) is 5.08. The maximum atomic E-state index is 9.98. The first-order valence-electron chi connectivity index (χ1n) is 7.15. The van der Waals surface area contributed by atoms with E-state index in [4.69, 9.17) is 0 Å². The standard InChI is InChI=1S/C16H26O2/c1-4-6-8-10-14-11-13(9-7-5-2)12(3)15(17)16(14)18/h11,17-18H,4-10H2,1-3H3. The van der Waals surface area contributed by atoms with Gasteiger partial charge in [0.15, 0.2) is 11.5 Å². The highest BCUT2D eigenvalue weighted by Crippen LogP contribution is 2.36. The largest absolute Gasteiger partial charge is 0.504 e. The number of aryl methyl sites for hydroxylation is 2. The van der Waals surface area contributed by atoms with Gasteiger partial charge in [-0.1, -0.05) is 39.2 Å². The van der Waals surface area contributed by atoms with Crippen molar-refractivity contribution in [3.05, 3.63) is 22.8 Å². The van der Waals surface area contributed by atoms with Crippen LogP contribution in [-0.4, -0.2) is 10.2 Å². The van der Waals surface area contributed by atoms with E-state index in [9.17, 15) is 10.2 Å². The Morgan fingerprint density at radius 2 is 1.44 bits per heavy atom. The number of hydrogen-bond donors (Lipinski definition) is 2. The van der Waals surface area contributed by atoms with Crippen LogP contribution in [0.1, 0.15) is 62.6 Å². The van der Waals surface area contributed by atoms with Crippen LogP contribution in [0.3, 0.4) is 0 Å². The van der Waals surface area contributed by atoms with Gasteiger partial charge in [-0.3, -0.25) is 0 Å². The molecule has 0 spiro atoms. The molecule has 0 aliphatic carbocycles. The van der Waals surface area contributed by atoms with Crippen LogP contribution in [-0.2, 0) is 12.8 Å². The molecule has 2 heteroatoms. The average Bonchev–Trinajstić information content (AvgIpc) is 2.37. The van der Waals surface area contributed by atoms with E-state index in [0.29, 0.717) is 0 Å². The lowest BCUT2D eigenvalue weighted by Gasteiger charge is -2.13. The molecule has 0 fully saturated rings. The fourth-order valence-corrected chi connectivity index (χ4v) is 2.25. The van der Waals surface area contributed by atoms with Gasteiger partial charge in [0.05, 0.1) is 0 Å². The molecule has 1 rings (SSSR count). The summed E-state index contributed by atoms with van der Waals surface area (Å²) in [4.78, 5) is 0. The van der Waals surface area contributed by atoms with Gasteiger partial charge in [-0.25, -0.2) is 0 Å². The Balaban J connectivity index is 2.91. The summed E-state index contributed by atoms with van der Waals surface area (Å²) in [6.07, 6.45) is 7.51. The summed E-state index contributed by atoms with van der Waals surface area (Å²) in [5.41, 5.74) is 2.91. The van der Waals surface area contributed by atoms with Gasteiger partial charge in [-0.15, -0.1) is 0 Å². The summed E-state index contributed by atoms with van der Waals surface area (Å²) < 4.78 is 0. The van der Waals surface area contributed by atoms with Gasteiger partial charge in [0.25, 0.3) is 0 Å². The second kappa shape index (κ2) is 7.30. The van der Waals surface area contributed by atoms with Crippen LogP contribution in [0.2, 0.25) is 0 Å². The number of aromatic hydroxyl groups is 2. The molecule has 2 N–H and O–H groups in total. The molecule has 0 heterocycles. The molecule has 0 unspecified atom stereocenters. The molecule has 0 atom stereocenters. The Morgan fingerprint density at radius 3 is 2.06 bits per heavy atom. The zero-order valence-corrected chi connectivity index (χ0v) is 11.9. The molecule has 0 aromatic heterocycles. The van der Waals surface area contributed by atoms with Gasteiger partial charge in [0, 0.05) is 0 Å². The first-order chi connectivity index (χ1) is 8.61. The van der Waals surface area contributed by atoms with Crippen molar-refractivity contribution in [3.8, 4) is 11.5 Å². The molecule has 0 saturated heterocycles. The number of unbranched alkanes of at least 4 members (excludes halogenated alkanes) is 3. The van der Waals surface area contributed by atoms with E-state index in [1.165, 1.54) is 18.4 Å². The predicted molar refractivity (Wildman–Crippen MR) is 76.3 cm³/mol. The van der Waals surface area contributed by atoms with Crippen molar-refractivity contribution in [1.82, 2.24) is 0 Å². The van der Waals surface area contributed by atoms with Crippen molar-refractivity contribution in [2.24, 2.45) is 0 Å². The summed E-state index contributed by atoms with van der Waals surface area (Å²) in [6, 6.07) is 2.08. The van der Waals surface area contributed by atoms with Gasteiger partial charge in [-0.05, 0) is 49.3 Å². The van der Waals surface area contributed by atoms with Crippen molar-refractivity contribution in [1.29, 1.82) is 0 Å². The lowest BCUT2D eigenvalue weighted by molar-refractivity contribution is 0.395. The van der Waals surface area contributed by atoms with E-state index in [-0.39, 0.29) is 11.5 Å². The minimum atomic E-state index is 0.0788. The molecule has 0 radical (unpaired) electrons. The molecule has 0 amide bonds. The Hall–Kier alpha value is -1.18. The zero-order valence-electron chi connectivity index (χ0n) is 11.9. The summed E-state index contributed by atoms with van der Waals surface area (Å²) in [5.74, 6) is 0.166. The van der Waals surface area contributed by atoms with E-state index in [0.717, 1.165) is 43.2 Å². The van der Waals surface area contributed by atoms with Gasteiger partial charge in [-0.2, -0.15) is 0 Å². The van der Waals surface area contributed by atoms with Crippen LogP contribution in [0, 0.1) is 6.92 Å². The maximum absolute atomic E-state index is 9.98. The van der Waals surface area contributed by atoms with Crippen molar-refractivity contribution in [3.63, 3.8) is 0 Å². The third kappa shape index (κ3) is 3.66. The Kier molecular flexibility index (Phi) is 6.03. The maximum Gasteiger partial charge on any atom is 0.160 e. The van der Waals surface area contributed by atoms with Crippen LogP contribution < -0.4 is 0 Å². The van der Waals surface area contributed by atoms with Crippen molar-refractivity contribution < 1.29 is 10.2 Å². The number of phenolic OH excluding ortho intramolecular Hbond substituents is 2. The normalized spacial score (nSPS) is 10.8. The van der Waals surface area contributed by atoms with E-state index >= 15 is 0 Å². The Bertz CT molecular complexity index is 383. The molecule has 18 heavy (non-hydrogen) atoms. The van der Waals surface area contributed by atoms with E-state index < -0.39 is 0 Å². The van der Waals surface area contributed by atoms with Crippen molar-refractivity contribution in [2.75, 3.05) is 0 Å². The molecule has 0 aliphatic rings. The molecular formula is C16H26O2. The first-order valence-corrected chi connectivity index (χ1v) is 7.15. The number of phenols is 2. The first kappa shape index (κ1) is 14.9. The highest BCUT2D eigenvalue weighted by atomic mass is 16.3. The van der Waals surface area contributed by atoms with E-state index in [1.807, 2.05) is 6.92 Å². The van der Waals surface area contributed by atoms with Crippen molar-refractivity contribution >= 4 is 0 Å². The molecule has 0 aliphatic heterocycles. The molecule has 1 aromatic carbocycles. The molecular weight excluding hydrogens is 224 g/mol. The van der Waals surface area contributed by atoms with Crippen molar-refractivity contribution in [2.45, 2.75) is 65.7 Å². The zero-order chi connectivity index (χ0) is 13.5. The van der Waals surface area contributed by atoms with Gasteiger partial charge in [0.1, 0.15) is 0 Å². The third-order valence-corrected chi connectivity index (χ3v) is 3.56. The fourth-order valence-electron chi connectivity index (χ4n) is 2.25. The van der Waals surface area contributed by atoms with Crippen LogP contribution in [0.4, 0.5) is 0 Å². The van der Waals surface area contributed by atoms with Gasteiger partial charge < -0.3 is 10.2 Å². The molecule has 1 aromatic rings. The molecule has 102 valence electrons. The van der Waals surface area contributed by atoms with Crippen LogP contribution in [0.25, 0.3) is 0 Å². The highest BCUT2D eigenvalue weighted by Gasteiger charge is 2.13. The minimum absolute atomic E-state index is 0.0788. The monoisotopic (exact) mass is 250 g/mol. The summed E-state index contributed by atoms with van der Waals surface area (Å²) in [5, 5.41) is 20.0. The van der Waals surface area contributed by atoms with Gasteiger partial charge in [0.2, 0.25) is 0 Å². The number of hydrogen-bond acceptors (Lipinski definition) is 2. The predicted octanol–water partition coefficient (Wildman–Crippen LogP) is 4.48. The minimum Gasteiger partial charge on any atom is -0.504 e. The smallest absolute Gasteiger partial charge is 0.160 e. The Labute approximate surface area is 111 Å². The topological polar surface area (TPSA) is 40.5 Å². The van der Waals surface area contributed by atoms with Crippen LogP contribution in [0.5, 0.6) is 11.5 Å². The Morgan fingerprint density at radius 1 is 0.833 bits per heavy atom. The van der Waals surface area contributed by atoms with Gasteiger partial charge >= 0.3 is 0 Å². The average molecular weight is 250 g/mol. The van der Waals surface area contributed by atoms with Crippen LogP contribution >= 0.6 is 0 Å². The number of benzene rings is 1. The van der Waals surface area contributed by atoms with Crippen LogP contribution in [0.15, 0.2) is 6.07 Å². The SMILES string of the molecule is CCCCCc1cc(CCCC)c(C)c(O)c1O. The fraction of sp³-hybridized carbons (Fsp3) is 0.625. The second-order valence-corrected chi connectivity index (χ2v) is 5.08. The third-order valence-electron chi connectivity index (χ3n) is 3.56. The van der Waals surface area contributed by atoms with E-state index in [1.54, 1.807) is 0 Å². The van der Waals surface area contributed by atoms with E-state index in [2.05, 4.69) is 19.9 Å². The molecule has 0 bridgehead atoms. The lowest BCUT2D eigenvalue weighted by Crippen LogP contribution is -1.96. The summed E-state index contributed by atoms with van der Waals surface area (Å²) in [7, 11) is 0. The highest BCUT2D eigenvalue weighted by molar-refractivity contribution is 5.53. The summed E-state index contributed by atoms with van der Waals surface area (Å²) in [6.45, 7) is 6.22. The number of rotatable bonds is 7. The lowest BCUT2D eigenvalue weighted by atomic mass is 9.95. The molecule has 0 saturated carbocycles. The molecule has 2 nitrogen and oxygen atoms in total. The summed E-state index contributed by atoms with van der Waals surface area (Å²) >= 11 is 0. The quantitative estimate of drug-likeness (QED) is 0.553.